The Bertz CT molecular complexity index is 518. The van der Waals surface area contributed by atoms with Gasteiger partial charge in [-0.25, -0.2) is 8.42 Å². The summed E-state index contributed by atoms with van der Waals surface area (Å²) < 4.78 is 52.8. The van der Waals surface area contributed by atoms with E-state index in [0.717, 1.165) is 18.2 Å². The first kappa shape index (κ1) is 12.0. The minimum Gasteiger partial charge on any atom is -0.768 e. The second-order valence-electron chi connectivity index (χ2n) is 2.51. The molecule has 0 saturated carbocycles. The lowest BCUT2D eigenvalue weighted by molar-refractivity contribution is 0.112. The molecule has 15 heavy (non-hydrogen) atoms. The first-order valence-corrected chi connectivity index (χ1v) is 5.99. The molecule has 1 aromatic rings. The molecule has 0 aliphatic rings. The largest absolute Gasteiger partial charge is 0.768 e. The van der Waals surface area contributed by atoms with E-state index in [1.807, 2.05) is 0 Å². The molecule has 1 aromatic carbocycles. The van der Waals surface area contributed by atoms with Crippen molar-refractivity contribution in [3.63, 3.8) is 0 Å². The highest BCUT2D eigenvalue weighted by atomic mass is 32.2. The molecular weight excluding hydrogens is 244 g/mol. The predicted molar refractivity (Wildman–Crippen MR) is 47.0 cm³/mol. The SMILES string of the molecule is O=Cc1cc(S(=O)[O-])ccc1S(=O)(=O)[O-]. The number of carbonyl (C=O) groups is 1. The fourth-order valence-electron chi connectivity index (χ4n) is 0.950. The lowest BCUT2D eigenvalue weighted by Crippen LogP contribution is -2.04. The van der Waals surface area contributed by atoms with Gasteiger partial charge in [-0.1, -0.05) is 0 Å². The molecule has 0 spiro atoms. The van der Waals surface area contributed by atoms with Gasteiger partial charge in [-0.3, -0.25) is 9.00 Å². The number of hydrogen-bond donors (Lipinski definition) is 0. The fraction of sp³-hybridized carbons (Fsp3) is 0. The van der Waals surface area contributed by atoms with Crippen LogP contribution >= 0.6 is 0 Å². The van der Waals surface area contributed by atoms with Crippen LogP contribution in [0.4, 0.5) is 0 Å². The molecular formula is C7H4O6S2-2. The molecule has 1 atom stereocenters. The molecule has 8 heteroatoms. The Morgan fingerprint density at radius 2 is 1.93 bits per heavy atom. The Labute approximate surface area is 88.0 Å². The van der Waals surface area contributed by atoms with Gasteiger partial charge in [0.15, 0.2) is 6.29 Å². The molecule has 1 rings (SSSR count). The molecule has 0 amide bonds. The number of benzene rings is 1. The predicted octanol–water partition coefficient (Wildman–Crippen LogP) is -0.359. The minimum absolute atomic E-state index is 0.112. The van der Waals surface area contributed by atoms with Crippen molar-refractivity contribution in [2.75, 3.05) is 0 Å². The third-order valence-electron chi connectivity index (χ3n) is 1.57. The van der Waals surface area contributed by atoms with Gasteiger partial charge >= 0.3 is 0 Å². The molecule has 6 nitrogen and oxygen atoms in total. The van der Waals surface area contributed by atoms with Gasteiger partial charge in [0.05, 0.1) is 4.90 Å². The zero-order chi connectivity index (χ0) is 11.6. The Morgan fingerprint density at radius 3 is 2.33 bits per heavy atom. The highest BCUT2D eigenvalue weighted by Gasteiger charge is 2.09. The van der Waals surface area contributed by atoms with Gasteiger partial charge in [0.2, 0.25) is 0 Å². The summed E-state index contributed by atoms with van der Waals surface area (Å²) in [6.45, 7) is 0. The Morgan fingerprint density at radius 1 is 1.33 bits per heavy atom. The summed E-state index contributed by atoms with van der Waals surface area (Å²) in [5, 5.41) is 0. The van der Waals surface area contributed by atoms with Crippen LogP contribution in [0.1, 0.15) is 10.4 Å². The van der Waals surface area contributed by atoms with Crippen LogP contribution in [0.2, 0.25) is 0 Å². The van der Waals surface area contributed by atoms with Crippen LogP contribution in [0.3, 0.4) is 0 Å². The van der Waals surface area contributed by atoms with E-state index >= 15 is 0 Å². The summed E-state index contributed by atoms with van der Waals surface area (Å²) in [6.07, 6.45) is 0.112. The van der Waals surface area contributed by atoms with Crippen molar-refractivity contribution in [1.29, 1.82) is 0 Å². The maximum atomic E-state index is 10.6. The summed E-state index contributed by atoms with van der Waals surface area (Å²) in [7, 11) is -4.77. The van der Waals surface area contributed by atoms with Crippen LogP contribution in [0, 0.1) is 0 Å². The molecule has 0 fully saturated rings. The van der Waals surface area contributed by atoms with Crippen LogP contribution < -0.4 is 0 Å². The van der Waals surface area contributed by atoms with E-state index in [1.165, 1.54) is 0 Å². The molecule has 0 bridgehead atoms. The van der Waals surface area contributed by atoms with Crippen molar-refractivity contribution in [2.45, 2.75) is 9.79 Å². The van der Waals surface area contributed by atoms with Crippen molar-refractivity contribution in [3.8, 4) is 0 Å². The van der Waals surface area contributed by atoms with Gasteiger partial charge < -0.3 is 9.11 Å². The number of aldehydes is 1. The smallest absolute Gasteiger partial charge is 0.151 e. The summed E-state index contributed by atoms with van der Waals surface area (Å²) in [5.74, 6) is 0. The topological polar surface area (TPSA) is 114 Å². The molecule has 1 unspecified atom stereocenters. The zero-order valence-electron chi connectivity index (χ0n) is 7.08. The van der Waals surface area contributed by atoms with E-state index in [-0.39, 0.29) is 11.2 Å². The maximum absolute atomic E-state index is 10.6. The van der Waals surface area contributed by atoms with Crippen molar-refractivity contribution in [2.24, 2.45) is 0 Å². The van der Waals surface area contributed by atoms with E-state index < -0.39 is 31.7 Å². The monoisotopic (exact) mass is 248 g/mol. The van der Waals surface area contributed by atoms with Gasteiger partial charge in [-0.15, -0.1) is 0 Å². The van der Waals surface area contributed by atoms with Crippen LogP contribution in [-0.2, 0) is 21.2 Å². The van der Waals surface area contributed by atoms with Crippen molar-refractivity contribution >= 4 is 27.5 Å². The first-order chi connectivity index (χ1) is 6.86. The lowest BCUT2D eigenvalue weighted by atomic mass is 10.2. The van der Waals surface area contributed by atoms with Crippen LogP contribution in [0.15, 0.2) is 28.0 Å². The van der Waals surface area contributed by atoms with Crippen LogP contribution in [0.25, 0.3) is 0 Å². The molecule has 0 saturated heterocycles. The average Bonchev–Trinajstić information content (AvgIpc) is 2.15. The van der Waals surface area contributed by atoms with E-state index in [0.29, 0.717) is 0 Å². The number of carbonyl (C=O) groups excluding carboxylic acids is 1. The summed E-state index contributed by atoms with van der Waals surface area (Å²) in [4.78, 5) is 9.45. The normalized spacial score (nSPS) is 13.5. The quantitative estimate of drug-likeness (QED) is 0.410. The molecule has 0 aliphatic heterocycles. The standard InChI is InChI=1S/C7H6O6S2/c8-4-5-3-6(14(9)10)1-2-7(5)15(11,12)13/h1-4H,(H,9,10)(H,11,12,13)/p-2. The average molecular weight is 248 g/mol. The lowest BCUT2D eigenvalue weighted by Gasteiger charge is -2.11. The minimum atomic E-state index is -4.77. The third-order valence-corrected chi connectivity index (χ3v) is 3.12. The maximum Gasteiger partial charge on any atom is 0.151 e. The Balaban J connectivity index is 3.47. The zero-order valence-corrected chi connectivity index (χ0v) is 8.71. The molecule has 0 aromatic heterocycles. The Hall–Kier alpha value is -1.09. The van der Waals surface area contributed by atoms with Gasteiger partial charge in [-0.05, 0) is 29.3 Å². The first-order valence-electron chi connectivity index (χ1n) is 3.50. The van der Waals surface area contributed by atoms with Gasteiger partial charge in [-0.2, -0.15) is 0 Å². The second-order valence-corrected chi connectivity index (χ2v) is 4.80. The van der Waals surface area contributed by atoms with Gasteiger partial charge in [0, 0.05) is 10.5 Å². The molecule has 0 N–H and O–H groups in total. The summed E-state index contributed by atoms with van der Waals surface area (Å²) >= 11 is -2.58. The number of hydrogen-bond acceptors (Lipinski definition) is 6. The highest BCUT2D eigenvalue weighted by molar-refractivity contribution is 7.85. The molecule has 0 aliphatic carbocycles. The molecule has 0 heterocycles. The number of rotatable bonds is 3. The van der Waals surface area contributed by atoms with Crippen LogP contribution in [-0.4, -0.2) is 28.0 Å². The van der Waals surface area contributed by atoms with Crippen molar-refractivity contribution < 1.29 is 26.5 Å². The van der Waals surface area contributed by atoms with E-state index in [4.69, 9.17) is 0 Å². The van der Waals surface area contributed by atoms with Gasteiger partial charge in [0.25, 0.3) is 0 Å². The van der Waals surface area contributed by atoms with Gasteiger partial charge in [0.1, 0.15) is 10.1 Å². The van der Waals surface area contributed by atoms with E-state index in [2.05, 4.69) is 0 Å². The second kappa shape index (κ2) is 4.19. The fourth-order valence-corrected chi connectivity index (χ4v) is 1.98. The highest BCUT2D eigenvalue weighted by Crippen LogP contribution is 2.17. The molecule has 82 valence electrons. The van der Waals surface area contributed by atoms with E-state index in [9.17, 15) is 26.5 Å². The molecule has 0 radical (unpaired) electrons. The summed E-state index contributed by atoms with van der Waals surface area (Å²) in [6, 6.07) is 2.54. The Kier molecular flexibility index (Phi) is 3.35. The third kappa shape index (κ3) is 2.69. The van der Waals surface area contributed by atoms with E-state index in [1.54, 1.807) is 0 Å². The van der Waals surface area contributed by atoms with Crippen molar-refractivity contribution in [1.82, 2.24) is 0 Å². The van der Waals surface area contributed by atoms with Crippen LogP contribution in [0.5, 0.6) is 0 Å². The van der Waals surface area contributed by atoms with Crippen molar-refractivity contribution in [3.05, 3.63) is 23.8 Å². The summed E-state index contributed by atoms with van der Waals surface area (Å²) in [5.41, 5.74) is -0.466.